The van der Waals surface area contributed by atoms with E-state index in [4.69, 9.17) is 0 Å². The molecule has 7 heteroatoms. The van der Waals surface area contributed by atoms with Gasteiger partial charge in [-0.05, 0) is 25.0 Å². The van der Waals surface area contributed by atoms with Crippen LogP contribution in [0.1, 0.15) is 23.2 Å². The first kappa shape index (κ1) is 15.9. The van der Waals surface area contributed by atoms with Gasteiger partial charge in [0, 0.05) is 37.9 Å². The molecule has 3 heterocycles. The summed E-state index contributed by atoms with van der Waals surface area (Å²) in [6.45, 7) is 3.16. The number of nitrogens with zero attached hydrogens (tertiary/aromatic N) is 2. The van der Waals surface area contributed by atoms with E-state index in [-0.39, 0.29) is 29.5 Å². The summed E-state index contributed by atoms with van der Waals surface area (Å²) in [5, 5.41) is 3.26. The van der Waals surface area contributed by atoms with Crippen molar-refractivity contribution in [2.75, 3.05) is 42.6 Å². The third-order valence-electron chi connectivity index (χ3n) is 5.32. The van der Waals surface area contributed by atoms with Crippen molar-refractivity contribution in [1.29, 1.82) is 0 Å². The van der Waals surface area contributed by atoms with E-state index < -0.39 is 9.84 Å². The van der Waals surface area contributed by atoms with E-state index in [1.807, 2.05) is 24.3 Å². The molecule has 1 aromatic rings. The SMILES string of the molecule is O=C(c1ccccc1N1CCCC1)N1CCN[C@@H]2CS(=O)(=O)C[C@@H]21. The van der Waals surface area contributed by atoms with Crippen molar-refractivity contribution in [3.05, 3.63) is 29.8 Å². The van der Waals surface area contributed by atoms with Gasteiger partial charge in [0.25, 0.3) is 5.91 Å². The Balaban J connectivity index is 1.64. The van der Waals surface area contributed by atoms with Crippen molar-refractivity contribution in [3.63, 3.8) is 0 Å². The standard InChI is InChI=1S/C17H23N3O3S/c21-17(13-5-1-2-6-15(13)19-8-3-4-9-19)20-10-7-18-14-11-24(22,23)12-16(14)20/h1-2,5-6,14,16,18H,3-4,7-12H2/t14-,16+/m1/s1. The quantitative estimate of drug-likeness (QED) is 0.842. The summed E-state index contributed by atoms with van der Waals surface area (Å²) in [5.74, 6) is 0.170. The van der Waals surface area contributed by atoms with Crippen LogP contribution in [0, 0.1) is 0 Å². The van der Waals surface area contributed by atoms with Gasteiger partial charge in [-0.2, -0.15) is 0 Å². The number of rotatable bonds is 2. The molecule has 6 nitrogen and oxygen atoms in total. The van der Waals surface area contributed by atoms with Gasteiger partial charge in [-0.25, -0.2) is 8.42 Å². The van der Waals surface area contributed by atoms with Gasteiger partial charge in [-0.15, -0.1) is 0 Å². The second-order valence-electron chi connectivity index (χ2n) is 6.91. The Labute approximate surface area is 142 Å². The molecule has 1 aromatic carbocycles. The molecule has 3 fully saturated rings. The van der Waals surface area contributed by atoms with Crippen LogP contribution in [0.15, 0.2) is 24.3 Å². The summed E-state index contributed by atoms with van der Waals surface area (Å²) in [5.41, 5.74) is 1.68. The minimum absolute atomic E-state index is 0.0360. The lowest BCUT2D eigenvalue weighted by Crippen LogP contribution is -2.59. The maximum absolute atomic E-state index is 13.2. The van der Waals surface area contributed by atoms with Crippen LogP contribution < -0.4 is 10.2 Å². The predicted octanol–water partition coefficient (Wildman–Crippen LogP) is 0.498. The highest BCUT2D eigenvalue weighted by atomic mass is 32.2. The first-order chi connectivity index (χ1) is 11.6. The third-order valence-corrected chi connectivity index (χ3v) is 7.04. The van der Waals surface area contributed by atoms with E-state index in [0.717, 1.165) is 31.6 Å². The van der Waals surface area contributed by atoms with Crippen LogP contribution in [0.3, 0.4) is 0 Å². The molecule has 0 unspecified atom stereocenters. The second-order valence-corrected chi connectivity index (χ2v) is 9.07. The third kappa shape index (κ3) is 2.80. The summed E-state index contributed by atoms with van der Waals surface area (Å²) in [6.07, 6.45) is 2.30. The number of anilines is 1. The van der Waals surface area contributed by atoms with E-state index in [1.54, 1.807) is 4.90 Å². The van der Waals surface area contributed by atoms with Crippen LogP contribution >= 0.6 is 0 Å². The second kappa shape index (κ2) is 6.04. The first-order valence-electron chi connectivity index (χ1n) is 8.64. The van der Waals surface area contributed by atoms with Crippen molar-refractivity contribution in [2.45, 2.75) is 24.9 Å². The van der Waals surface area contributed by atoms with Crippen molar-refractivity contribution < 1.29 is 13.2 Å². The Bertz CT molecular complexity index is 743. The lowest BCUT2D eigenvalue weighted by atomic mass is 10.0. The fourth-order valence-corrected chi connectivity index (χ4v) is 6.12. The Morgan fingerprint density at radius 1 is 1.08 bits per heavy atom. The number of carbonyl (C=O) groups excluding carboxylic acids is 1. The Hall–Kier alpha value is -1.60. The molecule has 0 saturated carbocycles. The number of hydrogen-bond donors (Lipinski definition) is 1. The fourth-order valence-electron chi connectivity index (χ4n) is 4.16. The minimum Gasteiger partial charge on any atom is -0.371 e. The minimum atomic E-state index is -3.07. The van der Waals surface area contributed by atoms with Crippen LogP contribution in [-0.4, -0.2) is 69.0 Å². The highest BCUT2D eigenvalue weighted by Crippen LogP contribution is 2.28. The molecule has 24 heavy (non-hydrogen) atoms. The van der Waals surface area contributed by atoms with E-state index in [1.165, 1.54) is 0 Å². The zero-order valence-corrected chi connectivity index (χ0v) is 14.5. The summed E-state index contributed by atoms with van der Waals surface area (Å²) < 4.78 is 24.0. The van der Waals surface area contributed by atoms with Crippen LogP contribution in [-0.2, 0) is 9.84 Å². The van der Waals surface area contributed by atoms with Crippen LogP contribution in [0.4, 0.5) is 5.69 Å². The molecule has 3 aliphatic heterocycles. The first-order valence-corrected chi connectivity index (χ1v) is 10.5. The van der Waals surface area contributed by atoms with E-state index in [0.29, 0.717) is 18.7 Å². The number of benzene rings is 1. The Morgan fingerprint density at radius 2 is 1.83 bits per heavy atom. The summed E-state index contributed by atoms with van der Waals surface area (Å²) in [4.78, 5) is 17.2. The molecule has 0 spiro atoms. The smallest absolute Gasteiger partial charge is 0.256 e. The van der Waals surface area contributed by atoms with Gasteiger partial charge in [0.1, 0.15) is 0 Å². The van der Waals surface area contributed by atoms with Gasteiger partial charge in [-0.1, -0.05) is 12.1 Å². The topological polar surface area (TPSA) is 69.7 Å². The van der Waals surface area contributed by atoms with Gasteiger partial charge in [0.15, 0.2) is 9.84 Å². The van der Waals surface area contributed by atoms with Gasteiger partial charge in [0.2, 0.25) is 0 Å². The molecule has 0 aromatic heterocycles. The molecule has 2 atom stereocenters. The van der Waals surface area contributed by atoms with E-state index >= 15 is 0 Å². The molecule has 3 saturated heterocycles. The fraction of sp³-hybridized carbons (Fsp3) is 0.588. The number of carbonyl (C=O) groups is 1. The molecule has 0 aliphatic carbocycles. The van der Waals surface area contributed by atoms with E-state index in [2.05, 4.69) is 10.2 Å². The zero-order chi connectivity index (χ0) is 16.7. The highest BCUT2D eigenvalue weighted by Gasteiger charge is 2.45. The number of hydrogen-bond acceptors (Lipinski definition) is 5. The number of fused-ring (bicyclic) bond motifs is 1. The summed E-state index contributed by atoms with van der Waals surface area (Å²) in [7, 11) is -3.07. The van der Waals surface area contributed by atoms with Crippen molar-refractivity contribution in [1.82, 2.24) is 10.2 Å². The van der Waals surface area contributed by atoms with Crippen LogP contribution in [0.25, 0.3) is 0 Å². The Morgan fingerprint density at radius 3 is 2.62 bits per heavy atom. The molecule has 1 amide bonds. The highest BCUT2D eigenvalue weighted by molar-refractivity contribution is 7.91. The molecular formula is C17H23N3O3S. The number of amides is 1. The molecule has 0 bridgehead atoms. The average molecular weight is 349 g/mol. The van der Waals surface area contributed by atoms with E-state index in [9.17, 15) is 13.2 Å². The monoisotopic (exact) mass is 349 g/mol. The molecule has 3 aliphatic rings. The molecular weight excluding hydrogens is 326 g/mol. The van der Waals surface area contributed by atoms with Gasteiger partial charge in [-0.3, -0.25) is 4.79 Å². The van der Waals surface area contributed by atoms with Gasteiger partial charge in [0.05, 0.1) is 23.1 Å². The van der Waals surface area contributed by atoms with Crippen molar-refractivity contribution in [3.8, 4) is 0 Å². The Kier molecular flexibility index (Phi) is 4.00. The largest absolute Gasteiger partial charge is 0.371 e. The molecule has 4 rings (SSSR count). The lowest BCUT2D eigenvalue weighted by molar-refractivity contribution is 0.0622. The number of nitrogens with one attached hydrogen (secondary N) is 1. The molecule has 130 valence electrons. The number of para-hydroxylation sites is 1. The van der Waals surface area contributed by atoms with Gasteiger partial charge < -0.3 is 15.1 Å². The van der Waals surface area contributed by atoms with Crippen molar-refractivity contribution >= 4 is 21.4 Å². The number of sulfone groups is 1. The maximum atomic E-state index is 13.2. The summed E-state index contributed by atoms with van der Waals surface area (Å²) >= 11 is 0. The number of piperazine rings is 1. The average Bonchev–Trinajstić information content (AvgIpc) is 3.19. The summed E-state index contributed by atoms with van der Waals surface area (Å²) in [6, 6.07) is 7.35. The zero-order valence-electron chi connectivity index (χ0n) is 13.6. The van der Waals surface area contributed by atoms with Gasteiger partial charge >= 0.3 is 0 Å². The molecule has 1 N–H and O–H groups in total. The maximum Gasteiger partial charge on any atom is 0.256 e. The predicted molar refractivity (Wildman–Crippen MR) is 93.2 cm³/mol. The molecule has 0 radical (unpaired) electrons. The normalized spacial score (nSPS) is 28.8. The van der Waals surface area contributed by atoms with Crippen LogP contribution in [0.5, 0.6) is 0 Å². The van der Waals surface area contributed by atoms with Crippen LogP contribution in [0.2, 0.25) is 0 Å². The lowest BCUT2D eigenvalue weighted by Gasteiger charge is -2.38. The van der Waals surface area contributed by atoms with Crippen molar-refractivity contribution in [2.24, 2.45) is 0 Å².